The van der Waals surface area contributed by atoms with Crippen LogP contribution in [0.25, 0.3) is 0 Å². The van der Waals surface area contributed by atoms with Gasteiger partial charge in [-0.1, -0.05) is 142 Å². The minimum absolute atomic E-state index is 0.118. The first-order valence-corrected chi connectivity index (χ1v) is 16.5. The number of rotatable bonds is 7. The van der Waals surface area contributed by atoms with E-state index in [0.717, 1.165) is 16.8 Å². The molecule has 0 fully saturated rings. The molecule has 0 bridgehead atoms. The highest BCUT2D eigenvalue weighted by atomic mass is 28.3. The molecule has 0 saturated heterocycles. The lowest BCUT2D eigenvalue weighted by Gasteiger charge is -2.39. The Balaban J connectivity index is 1.87. The maximum absolute atomic E-state index is 13.7. The van der Waals surface area contributed by atoms with E-state index in [1.807, 2.05) is 93.6 Å². The van der Waals surface area contributed by atoms with Gasteiger partial charge in [-0.15, -0.1) is 11.5 Å². The van der Waals surface area contributed by atoms with E-state index < -0.39 is 19.7 Å². The fourth-order valence-electron chi connectivity index (χ4n) is 5.24. The Labute approximate surface area is 252 Å². The van der Waals surface area contributed by atoms with Gasteiger partial charge in [0.25, 0.3) is 0 Å². The Bertz CT molecular complexity index is 1460. The molecule has 0 N–H and O–H groups in total. The zero-order valence-electron chi connectivity index (χ0n) is 25.6. The van der Waals surface area contributed by atoms with Crippen LogP contribution in [0.15, 0.2) is 126 Å². The molecule has 0 saturated carbocycles. The van der Waals surface area contributed by atoms with E-state index in [-0.39, 0.29) is 17.4 Å². The molecule has 0 radical (unpaired) electrons. The van der Waals surface area contributed by atoms with Crippen molar-refractivity contribution >= 4 is 30.1 Å². The molecule has 0 aromatic heterocycles. The minimum atomic E-state index is -2.63. The number of ether oxygens (including phenoxy) is 1. The van der Waals surface area contributed by atoms with Gasteiger partial charge in [-0.05, 0) is 36.2 Å². The van der Waals surface area contributed by atoms with Gasteiger partial charge in [-0.25, -0.2) is 4.79 Å². The predicted octanol–water partition coefficient (Wildman–Crippen LogP) is 7.23. The van der Waals surface area contributed by atoms with Gasteiger partial charge in [0.15, 0.2) is 6.04 Å². The Hall–Kier alpha value is -4.20. The van der Waals surface area contributed by atoms with Crippen molar-refractivity contribution < 1.29 is 9.53 Å². The van der Waals surface area contributed by atoms with Crippen LogP contribution >= 0.6 is 0 Å². The van der Waals surface area contributed by atoms with E-state index in [9.17, 15) is 4.79 Å². The Morgan fingerprint density at radius 1 is 0.690 bits per heavy atom. The Kier molecular flexibility index (Phi) is 9.65. The van der Waals surface area contributed by atoms with Crippen LogP contribution in [-0.4, -0.2) is 31.4 Å². The number of carbonyl (C=O) groups excluding carboxylic acids is 1. The molecular formula is C38H41NO2Si. The van der Waals surface area contributed by atoms with Gasteiger partial charge in [0, 0.05) is 17.5 Å². The lowest BCUT2D eigenvalue weighted by molar-refractivity contribution is -0.156. The molecule has 214 valence electrons. The SMILES string of the molecule is CC(C)(C)OC(=O)C(CC#C[Si](c1ccccc1)(c1ccccc1)C(C)(C)C)N=C(c1ccccc1)c1ccccc1. The number of nitrogens with zero attached hydrogens (tertiary/aromatic N) is 1. The van der Waals surface area contributed by atoms with Crippen LogP contribution in [-0.2, 0) is 9.53 Å². The average molecular weight is 572 g/mol. The first-order chi connectivity index (χ1) is 20.0. The Morgan fingerprint density at radius 2 is 1.10 bits per heavy atom. The van der Waals surface area contributed by atoms with Crippen LogP contribution in [0.5, 0.6) is 0 Å². The standard InChI is InChI=1S/C38H41NO2Si/c1-37(2,3)41-36(40)34(39-35(30-20-11-7-12-21-30)31-22-13-8-14-23-31)28-19-29-42(38(4,5)6,32-24-15-9-16-25-32)33-26-17-10-18-27-33/h7-18,20-27,34H,28H2,1-6H3. The minimum Gasteiger partial charge on any atom is -0.458 e. The third kappa shape index (κ3) is 7.35. The van der Waals surface area contributed by atoms with Gasteiger partial charge < -0.3 is 4.74 Å². The summed E-state index contributed by atoms with van der Waals surface area (Å²) >= 11 is 0. The zero-order valence-corrected chi connectivity index (χ0v) is 26.6. The maximum atomic E-state index is 13.7. The highest BCUT2D eigenvalue weighted by Crippen LogP contribution is 2.35. The van der Waals surface area contributed by atoms with Gasteiger partial charge in [0.2, 0.25) is 8.07 Å². The van der Waals surface area contributed by atoms with Crippen LogP contribution in [0.3, 0.4) is 0 Å². The summed E-state index contributed by atoms with van der Waals surface area (Å²) in [5, 5.41) is 2.39. The zero-order chi connectivity index (χ0) is 30.2. The highest BCUT2D eigenvalue weighted by Gasteiger charge is 2.47. The van der Waals surface area contributed by atoms with Gasteiger partial charge in [-0.2, -0.15) is 0 Å². The summed E-state index contributed by atoms with van der Waals surface area (Å²) in [6.45, 7) is 12.5. The molecule has 0 aliphatic heterocycles. The Morgan fingerprint density at radius 3 is 1.48 bits per heavy atom. The number of hydrogen-bond acceptors (Lipinski definition) is 3. The molecule has 4 rings (SSSR count). The van der Waals surface area contributed by atoms with E-state index in [4.69, 9.17) is 9.73 Å². The molecule has 4 heteroatoms. The number of carbonyl (C=O) groups is 1. The molecule has 0 aliphatic rings. The van der Waals surface area contributed by atoms with Gasteiger partial charge >= 0.3 is 5.97 Å². The summed E-state index contributed by atoms with van der Waals surface area (Å²) in [5.74, 6) is 3.14. The number of esters is 1. The summed E-state index contributed by atoms with van der Waals surface area (Å²) < 4.78 is 5.89. The second kappa shape index (κ2) is 13.2. The van der Waals surface area contributed by atoms with Gasteiger partial charge in [0.05, 0.1) is 5.71 Å². The summed E-state index contributed by atoms with van der Waals surface area (Å²) in [6.07, 6.45) is 0.253. The van der Waals surface area contributed by atoms with Crippen molar-refractivity contribution in [2.24, 2.45) is 4.99 Å². The largest absolute Gasteiger partial charge is 0.458 e. The first-order valence-electron chi connectivity index (χ1n) is 14.5. The lowest BCUT2D eigenvalue weighted by Crippen LogP contribution is -2.63. The first kappa shape index (κ1) is 30.7. The predicted molar refractivity (Wildman–Crippen MR) is 178 cm³/mol. The molecule has 0 aliphatic carbocycles. The molecule has 0 spiro atoms. The molecule has 0 heterocycles. The van der Waals surface area contributed by atoms with Crippen molar-refractivity contribution in [3.63, 3.8) is 0 Å². The van der Waals surface area contributed by atoms with Crippen LogP contribution in [0.4, 0.5) is 0 Å². The third-order valence-corrected chi connectivity index (χ3v) is 12.4. The molecule has 4 aromatic carbocycles. The monoisotopic (exact) mass is 571 g/mol. The van der Waals surface area contributed by atoms with E-state index in [2.05, 4.69) is 80.8 Å². The van der Waals surface area contributed by atoms with Crippen LogP contribution in [0, 0.1) is 11.5 Å². The molecule has 0 amide bonds. The second-order valence-electron chi connectivity index (χ2n) is 12.5. The fourth-order valence-corrected chi connectivity index (χ4v) is 9.72. The molecule has 4 aromatic rings. The second-order valence-corrected chi connectivity index (χ2v) is 16.9. The van der Waals surface area contributed by atoms with Crippen LogP contribution < -0.4 is 10.4 Å². The third-order valence-electron chi connectivity index (χ3n) is 7.17. The van der Waals surface area contributed by atoms with Gasteiger partial charge in [0.1, 0.15) is 5.60 Å². The van der Waals surface area contributed by atoms with Crippen LogP contribution in [0.1, 0.15) is 59.1 Å². The molecular weight excluding hydrogens is 531 g/mol. The van der Waals surface area contributed by atoms with Crippen molar-refractivity contribution in [3.8, 4) is 11.5 Å². The van der Waals surface area contributed by atoms with E-state index in [0.29, 0.717) is 0 Å². The van der Waals surface area contributed by atoms with Crippen molar-refractivity contribution in [3.05, 3.63) is 132 Å². The highest BCUT2D eigenvalue weighted by molar-refractivity contribution is 7.10. The van der Waals surface area contributed by atoms with E-state index in [1.54, 1.807) is 0 Å². The topological polar surface area (TPSA) is 38.7 Å². The summed E-state index contributed by atoms with van der Waals surface area (Å²) in [7, 11) is -2.63. The summed E-state index contributed by atoms with van der Waals surface area (Å²) in [6, 6.07) is 40.4. The number of aliphatic imine (C=N–C) groups is 1. The fraction of sp³-hybridized carbons (Fsp3) is 0.263. The average Bonchev–Trinajstić information content (AvgIpc) is 2.97. The maximum Gasteiger partial charge on any atom is 0.332 e. The van der Waals surface area contributed by atoms with E-state index >= 15 is 0 Å². The van der Waals surface area contributed by atoms with Gasteiger partial charge in [-0.3, -0.25) is 4.99 Å². The van der Waals surface area contributed by atoms with Crippen LogP contribution in [0.2, 0.25) is 5.04 Å². The summed E-state index contributed by atoms with van der Waals surface area (Å²) in [4.78, 5) is 18.7. The molecule has 42 heavy (non-hydrogen) atoms. The molecule has 1 unspecified atom stereocenters. The number of benzene rings is 4. The van der Waals surface area contributed by atoms with Crippen molar-refractivity contribution in [1.29, 1.82) is 0 Å². The normalized spacial score (nSPS) is 12.4. The lowest BCUT2D eigenvalue weighted by atomic mass is 10.0. The molecule has 1 atom stereocenters. The van der Waals surface area contributed by atoms with Crippen molar-refractivity contribution in [2.75, 3.05) is 0 Å². The molecule has 3 nitrogen and oxygen atoms in total. The smallest absolute Gasteiger partial charge is 0.332 e. The summed E-state index contributed by atoms with van der Waals surface area (Å²) in [5.41, 5.74) is 5.81. The van der Waals surface area contributed by atoms with E-state index in [1.165, 1.54) is 10.4 Å². The van der Waals surface area contributed by atoms with Crippen molar-refractivity contribution in [2.45, 2.75) is 64.6 Å². The van der Waals surface area contributed by atoms with Crippen molar-refractivity contribution in [1.82, 2.24) is 0 Å². The number of hydrogen-bond donors (Lipinski definition) is 0. The quantitative estimate of drug-likeness (QED) is 0.102.